The van der Waals surface area contributed by atoms with Gasteiger partial charge in [0.25, 0.3) is 0 Å². The normalized spacial score (nSPS) is 23.6. The lowest BCUT2D eigenvalue weighted by Gasteiger charge is -2.33. The maximum atomic E-state index is 15.2. The molecule has 2 atom stereocenters. The minimum absolute atomic E-state index is 0.0115. The molecule has 0 amide bonds. The van der Waals surface area contributed by atoms with Crippen molar-refractivity contribution >= 4 is 22.6 Å². The third-order valence-electron chi connectivity index (χ3n) is 6.06. The Morgan fingerprint density at radius 3 is 2.96 bits per heavy atom. The molecule has 0 aliphatic carbocycles. The van der Waals surface area contributed by atoms with E-state index < -0.39 is 22.8 Å². The van der Waals surface area contributed by atoms with Gasteiger partial charge in [0, 0.05) is 32.4 Å². The van der Waals surface area contributed by atoms with Gasteiger partial charge >= 0.3 is 5.97 Å². The topological polar surface area (TPSA) is 87.0 Å². The van der Waals surface area contributed by atoms with Gasteiger partial charge in [0.1, 0.15) is 16.8 Å². The van der Waals surface area contributed by atoms with Gasteiger partial charge in [-0.15, -0.1) is 0 Å². The van der Waals surface area contributed by atoms with E-state index in [1.54, 1.807) is 16.7 Å². The van der Waals surface area contributed by atoms with Crippen molar-refractivity contribution in [2.75, 3.05) is 43.3 Å². The van der Waals surface area contributed by atoms with E-state index in [0.29, 0.717) is 35.5 Å². The molecule has 1 aromatic heterocycles. The fraction of sp³-hybridized carbons (Fsp3) is 0.474. The van der Waals surface area contributed by atoms with Gasteiger partial charge in [-0.2, -0.15) is 0 Å². The Kier molecular flexibility index (Phi) is 3.77. The van der Waals surface area contributed by atoms with Crippen LogP contribution in [0.15, 0.2) is 17.1 Å². The average molecular weight is 388 g/mol. The van der Waals surface area contributed by atoms with E-state index in [1.807, 2.05) is 4.90 Å². The molecule has 3 aliphatic heterocycles. The van der Waals surface area contributed by atoms with E-state index in [2.05, 4.69) is 5.32 Å². The summed E-state index contributed by atoms with van der Waals surface area (Å²) in [7, 11) is 1.72. The monoisotopic (exact) mass is 388 g/mol. The molecule has 3 aliphatic rings. The number of ether oxygens (including phenoxy) is 1. The quantitative estimate of drug-likeness (QED) is 0.792. The van der Waals surface area contributed by atoms with Crippen LogP contribution in [0.1, 0.15) is 23.2 Å². The molecule has 4 heterocycles. The molecule has 2 saturated heterocycles. The van der Waals surface area contributed by atoms with Gasteiger partial charge in [-0.25, -0.2) is 9.18 Å². The molecular formula is C19H21FN4O4. The molecular weight excluding hydrogens is 367 g/mol. The molecule has 0 spiro atoms. The Balaban J connectivity index is 1.73. The highest BCUT2D eigenvalue weighted by Gasteiger charge is 2.38. The molecule has 148 valence electrons. The predicted molar refractivity (Wildman–Crippen MR) is 101 cm³/mol. The first-order valence-corrected chi connectivity index (χ1v) is 9.43. The van der Waals surface area contributed by atoms with Crippen LogP contribution in [0.3, 0.4) is 0 Å². The minimum Gasteiger partial charge on any atom is -0.477 e. The van der Waals surface area contributed by atoms with E-state index in [1.165, 1.54) is 6.20 Å². The smallest absolute Gasteiger partial charge is 0.341 e. The third kappa shape index (κ3) is 2.39. The van der Waals surface area contributed by atoms with Gasteiger partial charge in [0.2, 0.25) is 5.43 Å². The zero-order chi connectivity index (χ0) is 19.6. The second-order valence-corrected chi connectivity index (χ2v) is 7.75. The zero-order valence-corrected chi connectivity index (χ0v) is 15.4. The van der Waals surface area contributed by atoms with Gasteiger partial charge in [0.05, 0.1) is 5.39 Å². The summed E-state index contributed by atoms with van der Waals surface area (Å²) in [5.74, 6) is -1.13. The first kappa shape index (κ1) is 17.3. The fourth-order valence-corrected chi connectivity index (χ4v) is 4.70. The number of nitrogens with zero attached hydrogens (tertiary/aromatic N) is 3. The average Bonchev–Trinajstić information content (AvgIpc) is 3.09. The molecule has 9 heteroatoms. The lowest BCUT2D eigenvalue weighted by atomic mass is 9.94. The van der Waals surface area contributed by atoms with Gasteiger partial charge in [-0.1, -0.05) is 0 Å². The Morgan fingerprint density at radius 1 is 1.39 bits per heavy atom. The van der Waals surface area contributed by atoms with Crippen molar-refractivity contribution in [1.82, 2.24) is 9.99 Å². The number of carbonyl (C=O) groups is 1. The van der Waals surface area contributed by atoms with Crippen molar-refractivity contribution in [3.63, 3.8) is 0 Å². The van der Waals surface area contributed by atoms with Crippen LogP contribution < -0.4 is 25.4 Å². The summed E-state index contributed by atoms with van der Waals surface area (Å²) in [5, 5.41) is 14.5. The summed E-state index contributed by atoms with van der Waals surface area (Å²) in [6.45, 7) is 2.50. The number of hydrogen-bond acceptors (Lipinski definition) is 6. The Morgan fingerprint density at radius 2 is 2.21 bits per heavy atom. The summed E-state index contributed by atoms with van der Waals surface area (Å²) in [5.41, 5.74) is -0.340. The number of benzene rings is 1. The van der Waals surface area contributed by atoms with E-state index >= 15 is 4.39 Å². The summed E-state index contributed by atoms with van der Waals surface area (Å²) in [4.78, 5) is 26.1. The van der Waals surface area contributed by atoms with Crippen LogP contribution >= 0.6 is 0 Å². The fourth-order valence-electron chi connectivity index (χ4n) is 4.70. The zero-order valence-electron chi connectivity index (χ0n) is 15.4. The third-order valence-corrected chi connectivity index (χ3v) is 6.06. The van der Waals surface area contributed by atoms with Crippen molar-refractivity contribution in [3.8, 4) is 5.75 Å². The number of halogens is 1. The summed E-state index contributed by atoms with van der Waals surface area (Å²) < 4.78 is 22.6. The maximum Gasteiger partial charge on any atom is 0.341 e. The number of carboxylic acids is 1. The number of anilines is 1. The summed E-state index contributed by atoms with van der Waals surface area (Å²) in [6, 6.07) is 1.47. The molecule has 0 saturated carbocycles. The van der Waals surface area contributed by atoms with Crippen LogP contribution in [0.5, 0.6) is 5.75 Å². The van der Waals surface area contributed by atoms with Gasteiger partial charge in [-0.3, -0.25) is 14.5 Å². The van der Waals surface area contributed by atoms with Gasteiger partial charge < -0.3 is 20.1 Å². The van der Waals surface area contributed by atoms with Gasteiger partial charge in [0.15, 0.2) is 18.3 Å². The van der Waals surface area contributed by atoms with Crippen LogP contribution in [-0.2, 0) is 0 Å². The van der Waals surface area contributed by atoms with E-state index in [0.717, 1.165) is 32.0 Å². The van der Waals surface area contributed by atoms with E-state index in [9.17, 15) is 14.7 Å². The molecule has 2 aromatic rings. The molecule has 0 radical (unpaired) electrons. The SMILES string of the molecule is CN1COc2c(N3CC4CCCNC4C3)c(F)cc3c(=O)c(C(=O)O)cn1c23. The lowest BCUT2D eigenvalue weighted by molar-refractivity contribution is 0.0694. The van der Waals surface area contributed by atoms with Crippen molar-refractivity contribution in [1.29, 1.82) is 0 Å². The van der Waals surface area contributed by atoms with Crippen LogP contribution in [0, 0.1) is 11.7 Å². The first-order valence-electron chi connectivity index (χ1n) is 9.43. The Labute approximate surface area is 160 Å². The number of aromatic carboxylic acids is 1. The first-order chi connectivity index (χ1) is 13.5. The Hall–Kier alpha value is -2.81. The number of hydrogen-bond donors (Lipinski definition) is 2. The highest BCUT2D eigenvalue weighted by atomic mass is 19.1. The van der Waals surface area contributed by atoms with Crippen LogP contribution in [-0.4, -0.2) is 55.2 Å². The molecule has 2 fully saturated rings. The number of rotatable bonds is 2. The number of piperidine rings is 1. The highest BCUT2D eigenvalue weighted by molar-refractivity contribution is 5.97. The van der Waals surface area contributed by atoms with Crippen LogP contribution in [0.4, 0.5) is 10.1 Å². The minimum atomic E-state index is -1.34. The summed E-state index contributed by atoms with van der Waals surface area (Å²) >= 11 is 0. The number of aromatic nitrogens is 1. The molecule has 0 bridgehead atoms. The maximum absolute atomic E-state index is 15.2. The van der Waals surface area contributed by atoms with Crippen LogP contribution in [0.2, 0.25) is 0 Å². The molecule has 2 N–H and O–H groups in total. The molecule has 1 aromatic carbocycles. The lowest BCUT2D eigenvalue weighted by Crippen LogP contribution is -2.41. The van der Waals surface area contributed by atoms with Crippen molar-refractivity contribution in [2.24, 2.45) is 5.92 Å². The highest BCUT2D eigenvalue weighted by Crippen LogP contribution is 2.42. The standard InChI is InChI=1S/C19H21FN4O4/c1-22-9-28-18-15-11(17(25)12(19(26)27)7-24(15)22)5-13(20)16(18)23-6-10-3-2-4-21-14(10)8-23/h5,7,10,14,21H,2-4,6,8-9H2,1H3,(H,26,27). The second kappa shape index (κ2) is 6.10. The molecule has 5 rings (SSSR count). The molecule has 2 unspecified atom stereocenters. The second-order valence-electron chi connectivity index (χ2n) is 7.75. The van der Waals surface area contributed by atoms with Crippen molar-refractivity contribution < 1.29 is 19.0 Å². The Bertz CT molecular complexity index is 1040. The van der Waals surface area contributed by atoms with Crippen LogP contribution in [0.25, 0.3) is 10.9 Å². The number of nitrogens with one attached hydrogen (secondary N) is 1. The van der Waals surface area contributed by atoms with Crippen molar-refractivity contribution in [2.45, 2.75) is 18.9 Å². The number of carboxylic acid groups (broad SMARTS) is 1. The molecule has 28 heavy (non-hydrogen) atoms. The van der Waals surface area contributed by atoms with E-state index in [-0.39, 0.29) is 12.1 Å². The number of pyridine rings is 1. The largest absolute Gasteiger partial charge is 0.477 e. The predicted octanol–water partition coefficient (Wildman–Crippen LogP) is 0.945. The van der Waals surface area contributed by atoms with Gasteiger partial charge in [-0.05, 0) is 31.4 Å². The number of fused-ring (bicyclic) bond motifs is 1. The molecule has 8 nitrogen and oxygen atoms in total. The summed E-state index contributed by atoms with van der Waals surface area (Å²) in [6.07, 6.45) is 3.50. The van der Waals surface area contributed by atoms with Crippen molar-refractivity contribution in [3.05, 3.63) is 33.9 Å². The van der Waals surface area contributed by atoms with E-state index in [4.69, 9.17) is 4.74 Å².